The first-order chi connectivity index (χ1) is 14.2. The van der Waals surface area contributed by atoms with Gasteiger partial charge < -0.3 is 10.6 Å². The number of nitrogens with zero attached hydrogens (tertiary/aromatic N) is 2. The summed E-state index contributed by atoms with van der Waals surface area (Å²) in [6.07, 6.45) is -4.76. The summed E-state index contributed by atoms with van der Waals surface area (Å²) in [5.74, 6) is -0.491. The Bertz CT molecular complexity index is 1080. The van der Waals surface area contributed by atoms with Gasteiger partial charge in [-0.25, -0.2) is 4.68 Å². The van der Waals surface area contributed by atoms with E-state index < -0.39 is 24.2 Å². The molecule has 0 fully saturated rings. The third-order valence-electron chi connectivity index (χ3n) is 4.78. The Kier molecular flexibility index (Phi) is 5.50. The standard InChI is InChI=1S/C20H15BrClF3N4O/c21-12-6-4-11(5-7-12)15-9-17(20(23,24)25)29-18(27-15)10-16(28-29)19(30)26-14-3-1-2-13(22)8-14/h1-8,10,15,17,27H,9H2,(H,26,30). The van der Waals surface area contributed by atoms with E-state index in [4.69, 9.17) is 11.6 Å². The number of anilines is 2. The summed E-state index contributed by atoms with van der Waals surface area (Å²) >= 11 is 9.22. The van der Waals surface area contributed by atoms with Crippen LogP contribution in [0.5, 0.6) is 0 Å². The van der Waals surface area contributed by atoms with Crippen molar-refractivity contribution >= 4 is 44.9 Å². The second-order valence-electron chi connectivity index (χ2n) is 6.87. The summed E-state index contributed by atoms with van der Waals surface area (Å²) in [7, 11) is 0. The van der Waals surface area contributed by atoms with Gasteiger partial charge in [0.1, 0.15) is 5.82 Å². The Balaban J connectivity index is 1.64. The van der Waals surface area contributed by atoms with Crippen molar-refractivity contribution in [2.45, 2.75) is 24.7 Å². The minimum Gasteiger partial charge on any atom is -0.363 e. The quantitative estimate of drug-likeness (QED) is 0.450. The molecule has 0 saturated carbocycles. The van der Waals surface area contributed by atoms with Crippen LogP contribution in [0.15, 0.2) is 59.1 Å². The van der Waals surface area contributed by atoms with Crippen LogP contribution in [0, 0.1) is 0 Å². The lowest BCUT2D eigenvalue weighted by atomic mass is 9.97. The lowest BCUT2D eigenvalue weighted by molar-refractivity contribution is -0.173. The molecule has 10 heteroatoms. The maximum atomic E-state index is 13.8. The van der Waals surface area contributed by atoms with Crippen LogP contribution in [-0.2, 0) is 0 Å². The zero-order chi connectivity index (χ0) is 21.5. The predicted molar refractivity (Wildman–Crippen MR) is 112 cm³/mol. The van der Waals surface area contributed by atoms with E-state index in [1.54, 1.807) is 42.5 Å². The van der Waals surface area contributed by atoms with Gasteiger partial charge in [0, 0.05) is 27.7 Å². The molecule has 0 aliphatic carbocycles. The molecule has 2 aromatic carbocycles. The second-order valence-corrected chi connectivity index (χ2v) is 8.22. The molecule has 0 radical (unpaired) electrons. The first-order valence-corrected chi connectivity index (χ1v) is 10.1. The molecule has 1 amide bonds. The highest BCUT2D eigenvalue weighted by Gasteiger charge is 2.46. The van der Waals surface area contributed by atoms with E-state index in [1.807, 2.05) is 0 Å². The fraction of sp³-hybridized carbons (Fsp3) is 0.200. The molecule has 0 saturated heterocycles. The number of hydrogen-bond acceptors (Lipinski definition) is 3. The minimum absolute atomic E-state index is 0.122. The number of aromatic nitrogens is 2. The number of benzene rings is 2. The number of amides is 1. The van der Waals surface area contributed by atoms with Crippen molar-refractivity contribution in [1.82, 2.24) is 9.78 Å². The Labute approximate surface area is 183 Å². The number of hydrogen-bond donors (Lipinski definition) is 2. The molecule has 2 heterocycles. The molecule has 1 aliphatic rings. The van der Waals surface area contributed by atoms with Crippen LogP contribution in [0.3, 0.4) is 0 Å². The van der Waals surface area contributed by atoms with Crippen molar-refractivity contribution in [2.24, 2.45) is 0 Å². The maximum Gasteiger partial charge on any atom is 0.410 e. The summed E-state index contributed by atoms with van der Waals surface area (Å²) < 4.78 is 43.0. The van der Waals surface area contributed by atoms with E-state index in [-0.39, 0.29) is 17.9 Å². The van der Waals surface area contributed by atoms with Gasteiger partial charge in [-0.15, -0.1) is 0 Å². The van der Waals surface area contributed by atoms with Gasteiger partial charge in [-0.3, -0.25) is 4.79 Å². The highest BCUT2D eigenvalue weighted by Crippen LogP contribution is 2.43. The van der Waals surface area contributed by atoms with Gasteiger partial charge in [0.25, 0.3) is 5.91 Å². The van der Waals surface area contributed by atoms with Gasteiger partial charge in [-0.05, 0) is 35.9 Å². The van der Waals surface area contributed by atoms with E-state index in [0.717, 1.165) is 9.15 Å². The molecule has 2 atom stereocenters. The predicted octanol–water partition coefficient (Wildman–Crippen LogP) is 6.21. The van der Waals surface area contributed by atoms with Crippen molar-refractivity contribution in [3.8, 4) is 0 Å². The smallest absolute Gasteiger partial charge is 0.363 e. The molecule has 2 unspecified atom stereocenters. The number of alkyl halides is 3. The first kappa shape index (κ1) is 20.7. The highest BCUT2D eigenvalue weighted by atomic mass is 79.9. The Morgan fingerprint density at radius 1 is 1.20 bits per heavy atom. The van der Waals surface area contributed by atoms with E-state index in [9.17, 15) is 18.0 Å². The minimum atomic E-state index is -4.52. The molecule has 1 aliphatic heterocycles. The Morgan fingerprint density at radius 2 is 1.93 bits per heavy atom. The molecule has 30 heavy (non-hydrogen) atoms. The van der Waals surface area contributed by atoms with Gasteiger partial charge in [0.05, 0.1) is 6.04 Å². The molecule has 156 valence electrons. The zero-order valence-electron chi connectivity index (χ0n) is 15.3. The molecule has 4 rings (SSSR count). The van der Waals surface area contributed by atoms with E-state index in [2.05, 4.69) is 31.7 Å². The fourth-order valence-electron chi connectivity index (χ4n) is 3.36. The van der Waals surface area contributed by atoms with Gasteiger partial charge in [-0.1, -0.05) is 45.7 Å². The van der Waals surface area contributed by atoms with Crippen LogP contribution >= 0.6 is 27.5 Å². The lowest BCUT2D eigenvalue weighted by Gasteiger charge is -2.33. The number of halogens is 5. The molecular formula is C20H15BrClF3N4O. The second kappa shape index (κ2) is 7.96. The Hall–Kier alpha value is -2.52. The van der Waals surface area contributed by atoms with Crippen molar-refractivity contribution in [1.29, 1.82) is 0 Å². The maximum absolute atomic E-state index is 13.8. The van der Waals surface area contributed by atoms with E-state index in [0.29, 0.717) is 16.3 Å². The number of nitrogens with one attached hydrogen (secondary N) is 2. The van der Waals surface area contributed by atoms with Crippen LogP contribution in [0.1, 0.15) is 34.6 Å². The van der Waals surface area contributed by atoms with Crippen LogP contribution in [-0.4, -0.2) is 21.9 Å². The molecule has 2 N–H and O–H groups in total. The Morgan fingerprint density at radius 3 is 2.60 bits per heavy atom. The van der Waals surface area contributed by atoms with Gasteiger partial charge in [-0.2, -0.15) is 18.3 Å². The van der Waals surface area contributed by atoms with Crippen LogP contribution in [0.4, 0.5) is 24.7 Å². The molecular weight excluding hydrogens is 485 g/mol. The topological polar surface area (TPSA) is 59.0 Å². The number of fused-ring (bicyclic) bond motifs is 1. The van der Waals surface area contributed by atoms with E-state index in [1.165, 1.54) is 12.1 Å². The molecule has 1 aromatic heterocycles. The van der Waals surface area contributed by atoms with E-state index >= 15 is 0 Å². The third kappa shape index (κ3) is 4.32. The summed E-state index contributed by atoms with van der Waals surface area (Å²) in [5.41, 5.74) is 1.01. The number of carbonyl (C=O) groups is 1. The largest absolute Gasteiger partial charge is 0.410 e. The van der Waals surface area contributed by atoms with Gasteiger partial charge >= 0.3 is 6.18 Å². The van der Waals surface area contributed by atoms with Crippen molar-refractivity contribution in [2.75, 3.05) is 10.6 Å². The summed E-state index contributed by atoms with van der Waals surface area (Å²) in [6.45, 7) is 0. The lowest BCUT2D eigenvalue weighted by Crippen LogP contribution is -2.35. The highest BCUT2D eigenvalue weighted by molar-refractivity contribution is 9.10. The van der Waals surface area contributed by atoms with Gasteiger partial charge in [0.15, 0.2) is 11.7 Å². The summed E-state index contributed by atoms with van der Waals surface area (Å²) in [4.78, 5) is 12.5. The first-order valence-electron chi connectivity index (χ1n) is 8.96. The molecule has 0 bridgehead atoms. The van der Waals surface area contributed by atoms with Crippen LogP contribution < -0.4 is 10.6 Å². The van der Waals surface area contributed by atoms with Crippen LogP contribution in [0.25, 0.3) is 0 Å². The fourth-order valence-corrected chi connectivity index (χ4v) is 3.81. The zero-order valence-corrected chi connectivity index (χ0v) is 17.6. The molecule has 5 nitrogen and oxygen atoms in total. The summed E-state index contributed by atoms with van der Waals surface area (Å²) in [5, 5.41) is 10.0. The van der Waals surface area contributed by atoms with Crippen LogP contribution in [0.2, 0.25) is 5.02 Å². The normalized spacial score (nSPS) is 18.4. The van der Waals surface area contributed by atoms with Crippen molar-refractivity contribution in [3.05, 3.63) is 75.4 Å². The average molecular weight is 500 g/mol. The van der Waals surface area contributed by atoms with Crippen molar-refractivity contribution < 1.29 is 18.0 Å². The molecule has 0 spiro atoms. The van der Waals surface area contributed by atoms with Crippen molar-refractivity contribution in [3.63, 3.8) is 0 Å². The third-order valence-corrected chi connectivity index (χ3v) is 5.54. The SMILES string of the molecule is O=C(Nc1cccc(Cl)c1)c1cc2n(n1)C(C(F)(F)F)CC(c1ccc(Br)cc1)N2. The number of carbonyl (C=O) groups excluding carboxylic acids is 1. The summed E-state index contributed by atoms with van der Waals surface area (Å²) in [6, 6.07) is 12.4. The monoisotopic (exact) mass is 498 g/mol. The average Bonchev–Trinajstić information content (AvgIpc) is 3.11. The van der Waals surface area contributed by atoms with Gasteiger partial charge in [0.2, 0.25) is 0 Å². The number of rotatable bonds is 3. The molecule has 3 aromatic rings.